The van der Waals surface area contributed by atoms with Gasteiger partial charge in [-0.05, 0) is 12.1 Å². The van der Waals surface area contributed by atoms with Gasteiger partial charge in [0.15, 0.2) is 6.61 Å². The lowest BCUT2D eigenvalue weighted by atomic mass is 10.2. The lowest BCUT2D eigenvalue weighted by Crippen LogP contribution is -2.39. The Bertz CT molecular complexity index is 470. The van der Waals surface area contributed by atoms with Gasteiger partial charge in [-0.25, -0.2) is 0 Å². The number of rotatable bonds is 8. The zero-order chi connectivity index (χ0) is 14.8. The molecule has 0 aliphatic rings. The Morgan fingerprint density at radius 3 is 2.80 bits per heavy atom. The number of ether oxygens (including phenoxy) is 2. The van der Waals surface area contributed by atoms with E-state index in [1.165, 1.54) is 4.90 Å². The molecule has 0 aromatic heterocycles. The van der Waals surface area contributed by atoms with E-state index in [1.54, 1.807) is 31.4 Å². The summed E-state index contributed by atoms with van der Waals surface area (Å²) in [6.07, 6.45) is 0. The maximum atomic E-state index is 12.0. The van der Waals surface area contributed by atoms with Crippen LogP contribution >= 0.6 is 0 Å². The Labute approximate surface area is 118 Å². The van der Waals surface area contributed by atoms with Crippen LogP contribution in [0.1, 0.15) is 5.56 Å². The van der Waals surface area contributed by atoms with Crippen LogP contribution in [-0.2, 0) is 9.53 Å². The Balaban J connectivity index is 2.58. The number of carbonyl (C=O) groups excluding carboxylic acids is 1. The number of hydrogen-bond acceptors (Lipinski definition) is 5. The highest BCUT2D eigenvalue weighted by molar-refractivity contribution is 5.77. The number of amides is 1. The Morgan fingerprint density at radius 2 is 2.15 bits per heavy atom. The summed E-state index contributed by atoms with van der Waals surface area (Å²) in [5.41, 5.74) is 0.380. The molecule has 0 saturated heterocycles. The topological polar surface area (TPSA) is 82.8 Å². The van der Waals surface area contributed by atoms with Crippen molar-refractivity contribution in [2.45, 2.75) is 0 Å². The maximum Gasteiger partial charge on any atom is 0.260 e. The fraction of sp³-hybridized carbons (Fsp3) is 0.429. The van der Waals surface area contributed by atoms with E-state index in [1.807, 2.05) is 6.07 Å². The molecule has 0 aliphatic heterocycles. The van der Waals surface area contributed by atoms with Gasteiger partial charge < -0.3 is 19.5 Å². The fourth-order valence-electron chi connectivity index (χ4n) is 1.60. The van der Waals surface area contributed by atoms with E-state index in [4.69, 9.17) is 19.8 Å². The minimum absolute atomic E-state index is 0.121. The monoisotopic (exact) mass is 278 g/mol. The normalized spacial score (nSPS) is 9.85. The number of benzene rings is 1. The van der Waals surface area contributed by atoms with Gasteiger partial charge >= 0.3 is 0 Å². The number of carbonyl (C=O) groups is 1. The molecule has 0 atom stereocenters. The van der Waals surface area contributed by atoms with Gasteiger partial charge in [-0.1, -0.05) is 12.1 Å². The summed E-state index contributed by atoms with van der Waals surface area (Å²) >= 11 is 0. The molecule has 1 amide bonds. The molecule has 6 heteroatoms. The summed E-state index contributed by atoms with van der Waals surface area (Å²) in [7, 11) is 1.54. The minimum Gasteiger partial charge on any atom is -0.482 e. The van der Waals surface area contributed by atoms with Crippen LogP contribution in [0.4, 0.5) is 0 Å². The fourth-order valence-corrected chi connectivity index (χ4v) is 1.60. The van der Waals surface area contributed by atoms with Crippen LogP contribution in [0, 0.1) is 11.3 Å². The van der Waals surface area contributed by atoms with E-state index >= 15 is 0 Å². The van der Waals surface area contributed by atoms with Crippen molar-refractivity contribution in [3.8, 4) is 11.8 Å². The summed E-state index contributed by atoms with van der Waals surface area (Å²) in [5.74, 6) is 0.114. The molecule has 1 N–H and O–H groups in total. The molecule has 0 bridgehead atoms. The standard InChI is InChI=1S/C14H18N2O4/c1-19-9-7-16(6-8-17)14(18)11-20-13-5-3-2-4-12(13)10-15/h2-5,17H,6-9,11H2,1H3. The number of nitrogens with zero attached hydrogens (tertiary/aromatic N) is 2. The first-order valence-electron chi connectivity index (χ1n) is 6.22. The first-order chi connectivity index (χ1) is 9.72. The third kappa shape index (κ3) is 4.88. The van der Waals surface area contributed by atoms with Gasteiger partial charge in [0.1, 0.15) is 11.8 Å². The van der Waals surface area contributed by atoms with Crippen molar-refractivity contribution in [2.24, 2.45) is 0 Å². The second kappa shape index (κ2) is 8.91. The Morgan fingerprint density at radius 1 is 1.40 bits per heavy atom. The minimum atomic E-state index is -0.260. The van der Waals surface area contributed by atoms with E-state index < -0.39 is 0 Å². The van der Waals surface area contributed by atoms with E-state index in [0.717, 1.165) is 0 Å². The van der Waals surface area contributed by atoms with Crippen molar-refractivity contribution >= 4 is 5.91 Å². The van der Waals surface area contributed by atoms with Crippen LogP contribution in [0.3, 0.4) is 0 Å². The van der Waals surface area contributed by atoms with Crippen molar-refractivity contribution < 1.29 is 19.4 Å². The summed E-state index contributed by atoms with van der Waals surface area (Å²) < 4.78 is 10.3. The van der Waals surface area contributed by atoms with Gasteiger partial charge in [0, 0.05) is 20.2 Å². The zero-order valence-corrected chi connectivity index (χ0v) is 11.4. The first-order valence-corrected chi connectivity index (χ1v) is 6.22. The third-order valence-corrected chi connectivity index (χ3v) is 2.65. The smallest absolute Gasteiger partial charge is 0.260 e. The van der Waals surface area contributed by atoms with Crippen LogP contribution in [0.2, 0.25) is 0 Å². The number of hydrogen-bond donors (Lipinski definition) is 1. The van der Waals surface area contributed by atoms with Gasteiger partial charge in [0.2, 0.25) is 0 Å². The molecule has 0 spiro atoms. The number of methoxy groups -OCH3 is 1. The molecular weight excluding hydrogens is 260 g/mol. The lowest BCUT2D eigenvalue weighted by molar-refractivity contribution is -0.134. The average molecular weight is 278 g/mol. The molecular formula is C14H18N2O4. The predicted octanol–water partition coefficient (Wildman–Crippen LogP) is 0.404. The number of para-hydroxylation sites is 1. The Kier molecular flexibility index (Phi) is 7.11. The van der Waals surface area contributed by atoms with Crippen LogP contribution in [0.15, 0.2) is 24.3 Å². The predicted molar refractivity (Wildman–Crippen MR) is 72.2 cm³/mol. The van der Waals surface area contributed by atoms with E-state index in [-0.39, 0.29) is 25.7 Å². The summed E-state index contributed by atoms with van der Waals surface area (Å²) in [4.78, 5) is 13.4. The van der Waals surface area contributed by atoms with Crippen molar-refractivity contribution in [1.29, 1.82) is 5.26 Å². The lowest BCUT2D eigenvalue weighted by Gasteiger charge is -2.21. The van der Waals surface area contributed by atoms with Crippen LogP contribution < -0.4 is 4.74 Å². The van der Waals surface area contributed by atoms with Crippen molar-refractivity contribution in [3.63, 3.8) is 0 Å². The average Bonchev–Trinajstić information content (AvgIpc) is 2.49. The van der Waals surface area contributed by atoms with Gasteiger partial charge in [0.25, 0.3) is 5.91 Å². The zero-order valence-electron chi connectivity index (χ0n) is 11.4. The van der Waals surface area contributed by atoms with Crippen molar-refractivity contribution in [3.05, 3.63) is 29.8 Å². The highest BCUT2D eigenvalue weighted by atomic mass is 16.5. The molecule has 0 aliphatic carbocycles. The molecule has 1 aromatic rings. The molecule has 0 saturated carbocycles. The molecule has 1 aromatic carbocycles. The number of aliphatic hydroxyl groups excluding tert-OH is 1. The number of aliphatic hydroxyl groups is 1. The summed E-state index contributed by atoms with van der Waals surface area (Å²) in [6, 6.07) is 8.71. The van der Waals surface area contributed by atoms with E-state index in [0.29, 0.717) is 24.5 Å². The third-order valence-electron chi connectivity index (χ3n) is 2.65. The molecule has 0 radical (unpaired) electrons. The van der Waals surface area contributed by atoms with Gasteiger partial charge in [-0.3, -0.25) is 4.79 Å². The van der Waals surface area contributed by atoms with Crippen LogP contribution in [0.25, 0.3) is 0 Å². The van der Waals surface area contributed by atoms with Gasteiger partial charge in [-0.2, -0.15) is 5.26 Å². The molecule has 1 rings (SSSR count). The molecule has 0 fully saturated rings. The van der Waals surface area contributed by atoms with E-state index in [2.05, 4.69) is 0 Å². The first kappa shape index (κ1) is 16.0. The van der Waals surface area contributed by atoms with Gasteiger partial charge in [0.05, 0.1) is 18.8 Å². The molecule has 108 valence electrons. The molecule has 0 unspecified atom stereocenters. The molecule has 0 heterocycles. The van der Waals surface area contributed by atoms with Crippen molar-refractivity contribution in [1.82, 2.24) is 4.90 Å². The Hall–Kier alpha value is -2.10. The highest BCUT2D eigenvalue weighted by Gasteiger charge is 2.14. The van der Waals surface area contributed by atoms with E-state index in [9.17, 15) is 4.79 Å². The second-order valence-corrected chi connectivity index (χ2v) is 3.99. The number of nitriles is 1. The molecule has 20 heavy (non-hydrogen) atoms. The quantitative estimate of drug-likeness (QED) is 0.744. The van der Waals surface area contributed by atoms with Crippen LogP contribution in [0.5, 0.6) is 5.75 Å². The van der Waals surface area contributed by atoms with Crippen LogP contribution in [-0.4, -0.2) is 55.9 Å². The largest absolute Gasteiger partial charge is 0.482 e. The highest BCUT2D eigenvalue weighted by Crippen LogP contribution is 2.16. The summed E-state index contributed by atoms with van der Waals surface area (Å²) in [6.45, 7) is 0.706. The second-order valence-electron chi connectivity index (χ2n) is 3.99. The molecule has 6 nitrogen and oxygen atoms in total. The van der Waals surface area contributed by atoms with Crippen molar-refractivity contribution in [2.75, 3.05) is 40.0 Å². The van der Waals surface area contributed by atoms with Gasteiger partial charge in [-0.15, -0.1) is 0 Å². The maximum absolute atomic E-state index is 12.0. The summed E-state index contributed by atoms with van der Waals surface area (Å²) in [5, 5.41) is 17.9. The SMILES string of the molecule is COCCN(CCO)C(=O)COc1ccccc1C#N.